The quantitative estimate of drug-likeness (QED) is 0.420. The van der Waals surface area contributed by atoms with E-state index in [2.05, 4.69) is 46.4 Å². The maximum absolute atomic E-state index is 10.3. The van der Waals surface area contributed by atoms with Crippen molar-refractivity contribution < 1.29 is 5.11 Å². The van der Waals surface area contributed by atoms with Gasteiger partial charge in [-0.1, -0.05) is 48.5 Å². The smallest absolute Gasteiger partial charge is 0.125 e. The molecule has 2 heterocycles. The minimum Gasteiger partial charge on any atom is -0.507 e. The lowest BCUT2D eigenvalue weighted by molar-refractivity contribution is 0.479. The van der Waals surface area contributed by atoms with Crippen LogP contribution in [0.2, 0.25) is 0 Å². The van der Waals surface area contributed by atoms with Crippen LogP contribution in [-0.4, -0.2) is 15.1 Å². The van der Waals surface area contributed by atoms with Crippen LogP contribution in [-0.2, 0) is 6.42 Å². The molecule has 0 radical (unpaired) electrons. The van der Waals surface area contributed by atoms with Crippen LogP contribution in [0.15, 0.2) is 66.7 Å². The molecule has 1 aromatic heterocycles. The Balaban J connectivity index is 1.87. The van der Waals surface area contributed by atoms with Gasteiger partial charge in [0, 0.05) is 34.0 Å². The van der Waals surface area contributed by atoms with E-state index in [0.29, 0.717) is 5.75 Å². The average Bonchev–Trinajstić information content (AvgIpc) is 3.17. The lowest BCUT2D eigenvalue weighted by atomic mass is 10.0. The molecule has 24 heavy (non-hydrogen) atoms. The zero-order valence-electron chi connectivity index (χ0n) is 13.0. The van der Waals surface area contributed by atoms with Gasteiger partial charge in [0.05, 0.1) is 11.2 Å². The van der Waals surface area contributed by atoms with Crippen molar-refractivity contribution in [2.24, 2.45) is 0 Å². The maximum Gasteiger partial charge on any atom is 0.125 e. The third-order valence-corrected chi connectivity index (χ3v) is 4.70. The number of para-hydroxylation sites is 1. The van der Waals surface area contributed by atoms with Crippen molar-refractivity contribution in [2.45, 2.75) is 6.42 Å². The summed E-state index contributed by atoms with van der Waals surface area (Å²) in [5.41, 5.74) is 6.39. The third-order valence-electron chi connectivity index (χ3n) is 4.70. The van der Waals surface area contributed by atoms with Crippen LogP contribution in [0.5, 0.6) is 5.75 Å². The number of pyridine rings is 1. The molecule has 3 N–H and O–H groups in total. The molecule has 0 unspecified atom stereocenters. The Bertz CT molecular complexity index is 1130. The molecule has 3 nitrogen and oxygen atoms in total. The van der Waals surface area contributed by atoms with Gasteiger partial charge in [-0.3, -0.25) is 0 Å². The summed E-state index contributed by atoms with van der Waals surface area (Å²) >= 11 is 0. The van der Waals surface area contributed by atoms with E-state index in [1.165, 1.54) is 5.56 Å². The molecule has 2 aliphatic rings. The lowest BCUT2D eigenvalue weighted by Gasteiger charge is -2.10. The number of aromatic amines is 2. The number of rotatable bonds is 2. The zero-order valence-corrected chi connectivity index (χ0v) is 13.0. The second kappa shape index (κ2) is 4.90. The summed E-state index contributed by atoms with van der Waals surface area (Å²) in [5, 5.41) is 12.6. The number of aromatic hydroxyl groups is 1. The fraction of sp³-hybridized carbons (Fsp3) is 0.0476. The Kier molecular flexibility index (Phi) is 2.71. The van der Waals surface area contributed by atoms with Crippen LogP contribution in [0.4, 0.5) is 0 Å². The second-order valence-corrected chi connectivity index (χ2v) is 6.19. The van der Waals surface area contributed by atoms with Crippen molar-refractivity contribution in [3.63, 3.8) is 0 Å². The lowest BCUT2D eigenvalue weighted by Crippen LogP contribution is -1.96. The summed E-state index contributed by atoms with van der Waals surface area (Å²) < 4.78 is 0. The van der Waals surface area contributed by atoms with Crippen LogP contribution < -0.4 is 0 Å². The van der Waals surface area contributed by atoms with E-state index in [0.717, 1.165) is 45.2 Å². The average molecular weight is 312 g/mol. The van der Waals surface area contributed by atoms with Crippen LogP contribution >= 0.6 is 0 Å². The summed E-state index contributed by atoms with van der Waals surface area (Å²) in [6, 6.07) is 22.4. The monoisotopic (exact) mass is 312 g/mol. The van der Waals surface area contributed by atoms with Gasteiger partial charge in [-0.2, -0.15) is 0 Å². The van der Waals surface area contributed by atoms with Crippen molar-refractivity contribution in [2.75, 3.05) is 0 Å². The standard InChI is InChI=1S/C21H16N2O/c24-18-11-10-16-20(18)19-14-8-4-5-9-15(14)23-21(19)17(22-16)12-13-6-2-1-3-7-13/h1-11,22-24H,12H2. The highest BCUT2D eigenvalue weighted by atomic mass is 16.3. The number of fused-ring (bicyclic) bond motifs is 5. The van der Waals surface area contributed by atoms with Gasteiger partial charge in [-0.05, 0) is 23.8 Å². The van der Waals surface area contributed by atoms with E-state index < -0.39 is 0 Å². The third kappa shape index (κ3) is 1.85. The van der Waals surface area contributed by atoms with Crippen LogP contribution in [0.25, 0.3) is 33.1 Å². The van der Waals surface area contributed by atoms with E-state index in [4.69, 9.17) is 0 Å². The molecule has 0 spiro atoms. The van der Waals surface area contributed by atoms with Crippen molar-refractivity contribution in [1.29, 1.82) is 0 Å². The molecule has 2 aromatic carbocycles. The van der Waals surface area contributed by atoms with Crippen LogP contribution in [0, 0.1) is 0 Å². The molecule has 0 saturated carbocycles. The molecule has 0 fully saturated rings. The highest BCUT2D eigenvalue weighted by molar-refractivity contribution is 6.16. The molecule has 0 saturated heterocycles. The highest BCUT2D eigenvalue weighted by Gasteiger charge is 2.20. The van der Waals surface area contributed by atoms with Gasteiger partial charge in [0.15, 0.2) is 0 Å². The van der Waals surface area contributed by atoms with E-state index in [-0.39, 0.29) is 0 Å². The van der Waals surface area contributed by atoms with Crippen LogP contribution in [0.1, 0.15) is 11.3 Å². The first-order valence-corrected chi connectivity index (χ1v) is 8.08. The zero-order chi connectivity index (χ0) is 16.1. The molecular formula is C21H16N2O. The molecule has 1 aliphatic carbocycles. The molecule has 116 valence electrons. The number of hydrogen-bond donors (Lipinski definition) is 3. The van der Waals surface area contributed by atoms with Gasteiger partial charge in [0.1, 0.15) is 5.75 Å². The molecule has 0 atom stereocenters. The van der Waals surface area contributed by atoms with E-state index in [9.17, 15) is 5.11 Å². The summed E-state index contributed by atoms with van der Waals surface area (Å²) in [5.74, 6) is 0.322. The summed E-state index contributed by atoms with van der Waals surface area (Å²) in [4.78, 5) is 7.04. The Morgan fingerprint density at radius 3 is 2.46 bits per heavy atom. The minimum atomic E-state index is 0.322. The summed E-state index contributed by atoms with van der Waals surface area (Å²) in [7, 11) is 0. The maximum atomic E-state index is 10.3. The van der Waals surface area contributed by atoms with Gasteiger partial charge >= 0.3 is 0 Å². The predicted molar refractivity (Wildman–Crippen MR) is 97.7 cm³/mol. The number of aromatic nitrogens is 2. The number of nitrogens with one attached hydrogen (secondary N) is 2. The second-order valence-electron chi connectivity index (χ2n) is 6.19. The van der Waals surface area contributed by atoms with E-state index in [1.54, 1.807) is 6.07 Å². The fourth-order valence-electron chi connectivity index (χ4n) is 3.62. The summed E-state index contributed by atoms with van der Waals surface area (Å²) in [6.45, 7) is 0. The summed E-state index contributed by atoms with van der Waals surface area (Å²) in [6.07, 6.45) is 0.812. The van der Waals surface area contributed by atoms with Gasteiger partial charge in [-0.15, -0.1) is 0 Å². The van der Waals surface area contributed by atoms with Crippen LogP contribution in [0.3, 0.4) is 0 Å². The Hall–Kier alpha value is -3.20. The molecule has 0 amide bonds. The molecule has 3 heteroatoms. The molecular weight excluding hydrogens is 296 g/mol. The first-order valence-electron chi connectivity index (χ1n) is 8.08. The van der Waals surface area contributed by atoms with Gasteiger partial charge in [0.2, 0.25) is 0 Å². The normalized spacial score (nSPS) is 11.7. The fourth-order valence-corrected chi connectivity index (χ4v) is 3.62. The largest absolute Gasteiger partial charge is 0.507 e. The first-order chi connectivity index (χ1) is 11.8. The van der Waals surface area contributed by atoms with Crippen molar-refractivity contribution >= 4 is 21.8 Å². The van der Waals surface area contributed by atoms with Crippen molar-refractivity contribution in [3.8, 4) is 17.0 Å². The van der Waals surface area contributed by atoms with E-state index in [1.807, 2.05) is 24.3 Å². The number of benzene rings is 2. The van der Waals surface area contributed by atoms with Gasteiger partial charge < -0.3 is 15.1 Å². The van der Waals surface area contributed by atoms with Crippen molar-refractivity contribution in [1.82, 2.24) is 9.97 Å². The Morgan fingerprint density at radius 2 is 1.58 bits per heavy atom. The number of hydrogen-bond acceptors (Lipinski definition) is 1. The SMILES string of the molecule is Oc1ccc2[nH]c(Cc3ccccc3)c3[nH]c4ccccc4c3c1-2. The Labute approximate surface area is 138 Å². The molecule has 3 aromatic rings. The minimum absolute atomic E-state index is 0.322. The topological polar surface area (TPSA) is 51.8 Å². The van der Waals surface area contributed by atoms with Gasteiger partial charge in [-0.25, -0.2) is 0 Å². The van der Waals surface area contributed by atoms with Crippen molar-refractivity contribution in [3.05, 3.63) is 78.0 Å². The first kappa shape index (κ1) is 13.3. The highest BCUT2D eigenvalue weighted by Crippen LogP contribution is 2.42. The Morgan fingerprint density at radius 1 is 0.792 bits per heavy atom. The molecule has 0 bridgehead atoms. The molecule has 1 aliphatic heterocycles. The molecule has 5 rings (SSSR count). The number of H-pyrrole nitrogens is 2. The van der Waals surface area contributed by atoms with Gasteiger partial charge in [0.25, 0.3) is 0 Å². The predicted octanol–water partition coefficient (Wildman–Crippen LogP) is 5.05. The van der Waals surface area contributed by atoms with E-state index >= 15 is 0 Å².